The Morgan fingerprint density at radius 3 is 2.79 bits per heavy atom. The van der Waals surface area contributed by atoms with Crippen LogP contribution in [-0.2, 0) is 10.0 Å². The SMILES string of the molecule is Cc1ccc(Cl)c(NS(=O)(=O)CCCNC2CC2)c1. The highest BCUT2D eigenvalue weighted by atomic mass is 35.5. The zero-order valence-electron chi connectivity index (χ0n) is 10.9. The molecule has 1 aliphatic rings. The van der Waals surface area contributed by atoms with E-state index in [4.69, 9.17) is 11.6 Å². The third-order valence-corrected chi connectivity index (χ3v) is 4.67. The lowest BCUT2D eigenvalue weighted by Crippen LogP contribution is -2.23. The Labute approximate surface area is 119 Å². The normalized spacial score (nSPS) is 15.5. The van der Waals surface area contributed by atoms with E-state index in [-0.39, 0.29) is 5.75 Å². The molecule has 4 nitrogen and oxygen atoms in total. The van der Waals surface area contributed by atoms with Gasteiger partial charge in [0.1, 0.15) is 0 Å². The Balaban J connectivity index is 1.86. The lowest BCUT2D eigenvalue weighted by atomic mass is 10.2. The summed E-state index contributed by atoms with van der Waals surface area (Å²) in [7, 11) is -3.33. The van der Waals surface area contributed by atoms with Crippen LogP contribution in [0.5, 0.6) is 0 Å². The maximum absolute atomic E-state index is 11.9. The van der Waals surface area contributed by atoms with Crippen LogP contribution < -0.4 is 10.0 Å². The predicted molar refractivity (Wildman–Crippen MR) is 79.2 cm³/mol. The molecule has 2 N–H and O–H groups in total. The van der Waals surface area contributed by atoms with Gasteiger partial charge in [-0.25, -0.2) is 8.42 Å². The standard InChI is InChI=1S/C13H19ClN2O2S/c1-10-3-6-12(14)13(9-10)16-19(17,18)8-2-7-15-11-4-5-11/h3,6,9,11,15-16H,2,4-5,7-8H2,1H3. The molecule has 0 spiro atoms. The molecule has 1 saturated carbocycles. The summed E-state index contributed by atoms with van der Waals surface area (Å²) in [4.78, 5) is 0. The molecule has 1 aromatic carbocycles. The third kappa shape index (κ3) is 5.01. The number of benzene rings is 1. The summed E-state index contributed by atoms with van der Waals surface area (Å²) in [5, 5.41) is 3.72. The minimum atomic E-state index is -3.33. The van der Waals surface area contributed by atoms with Crippen LogP contribution in [0.2, 0.25) is 5.02 Å². The summed E-state index contributed by atoms with van der Waals surface area (Å²) < 4.78 is 26.4. The first-order valence-corrected chi connectivity index (χ1v) is 8.49. The van der Waals surface area contributed by atoms with Crippen molar-refractivity contribution in [2.75, 3.05) is 17.0 Å². The number of anilines is 1. The van der Waals surface area contributed by atoms with Crippen molar-refractivity contribution >= 4 is 27.3 Å². The van der Waals surface area contributed by atoms with Gasteiger partial charge in [0.2, 0.25) is 10.0 Å². The third-order valence-electron chi connectivity index (χ3n) is 2.99. The van der Waals surface area contributed by atoms with E-state index in [1.807, 2.05) is 13.0 Å². The minimum Gasteiger partial charge on any atom is -0.314 e. The molecule has 0 aliphatic heterocycles. The number of aryl methyl sites for hydroxylation is 1. The van der Waals surface area contributed by atoms with E-state index in [1.54, 1.807) is 12.1 Å². The zero-order valence-corrected chi connectivity index (χ0v) is 12.5. The molecule has 0 unspecified atom stereocenters. The average molecular weight is 303 g/mol. The maximum atomic E-state index is 11.9. The van der Waals surface area contributed by atoms with Crippen LogP contribution >= 0.6 is 11.6 Å². The van der Waals surface area contributed by atoms with E-state index in [0.29, 0.717) is 23.2 Å². The fraction of sp³-hybridized carbons (Fsp3) is 0.538. The molecular weight excluding hydrogens is 284 g/mol. The van der Waals surface area contributed by atoms with Crippen molar-refractivity contribution in [2.45, 2.75) is 32.2 Å². The van der Waals surface area contributed by atoms with E-state index < -0.39 is 10.0 Å². The number of rotatable bonds is 7. The number of sulfonamides is 1. The molecule has 19 heavy (non-hydrogen) atoms. The Hall–Kier alpha value is -0.780. The van der Waals surface area contributed by atoms with E-state index in [9.17, 15) is 8.42 Å². The van der Waals surface area contributed by atoms with Crippen molar-refractivity contribution in [3.63, 3.8) is 0 Å². The van der Waals surface area contributed by atoms with Crippen molar-refractivity contribution < 1.29 is 8.42 Å². The molecule has 6 heteroatoms. The van der Waals surface area contributed by atoms with Gasteiger partial charge in [-0.05, 0) is 50.4 Å². The van der Waals surface area contributed by atoms with Gasteiger partial charge in [0.05, 0.1) is 16.5 Å². The lowest BCUT2D eigenvalue weighted by Gasteiger charge is -2.10. The molecule has 0 amide bonds. The molecule has 1 fully saturated rings. The van der Waals surface area contributed by atoms with Gasteiger partial charge in [-0.2, -0.15) is 0 Å². The lowest BCUT2D eigenvalue weighted by molar-refractivity contribution is 0.593. The average Bonchev–Trinajstić information content (AvgIpc) is 3.13. The van der Waals surface area contributed by atoms with Crippen molar-refractivity contribution in [1.82, 2.24) is 5.32 Å². The van der Waals surface area contributed by atoms with Crippen LogP contribution in [0.3, 0.4) is 0 Å². The van der Waals surface area contributed by atoms with Crippen molar-refractivity contribution in [2.24, 2.45) is 0 Å². The molecule has 2 rings (SSSR count). The Bertz CT molecular complexity index is 542. The Morgan fingerprint density at radius 1 is 1.37 bits per heavy atom. The van der Waals surface area contributed by atoms with Gasteiger partial charge < -0.3 is 5.32 Å². The van der Waals surface area contributed by atoms with Crippen LogP contribution in [0.4, 0.5) is 5.69 Å². The zero-order chi connectivity index (χ0) is 13.9. The van der Waals surface area contributed by atoms with E-state index >= 15 is 0 Å². The van der Waals surface area contributed by atoms with E-state index in [0.717, 1.165) is 12.1 Å². The summed E-state index contributed by atoms with van der Waals surface area (Å²) in [6.45, 7) is 2.64. The first kappa shape index (κ1) is 14.6. The Morgan fingerprint density at radius 2 is 2.11 bits per heavy atom. The van der Waals surface area contributed by atoms with Gasteiger partial charge in [0.25, 0.3) is 0 Å². The molecule has 0 radical (unpaired) electrons. The number of hydrogen-bond donors (Lipinski definition) is 2. The molecule has 0 atom stereocenters. The highest BCUT2D eigenvalue weighted by Crippen LogP contribution is 2.24. The summed E-state index contributed by atoms with van der Waals surface area (Å²) >= 11 is 5.97. The summed E-state index contributed by atoms with van der Waals surface area (Å²) in [5.41, 5.74) is 1.43. The van der Waals surface area contributed by atoms with Crippen molar-refractivity contribution in [3.8, 4) is 0 Å². The number of hydrogen-bond acceptors (Lipinski definition) is 3. The van der Waals surface area contributed by atoms with Gasteiger partial charge >= 0.3 is 0 Å². The van der Waals surface area contributed by atoms with Crippen LogP contribution in [0.1, 0.15) is 24.8 Å². The second kappa shape index (κ2) is 6.11. The van der Waals surface area contributed by atoms with Crippen LogP contribution in [0.15, 0.2) is 18.2 Å². The fourth-order valence-electron chi connectivity index (χ4n) is 1.79. The maximum Gasteiger partial charge on any atom is 0.232 e. The van der Waals surface area contributed by atoms with Crippen LogP contribution in [0.25, 0.3) is 0 Å². The minimum absolute atomic E-state index is 0.108. The van der Waals surface area contributed by atoms with Gasteiger partial charge in [-0.15, -0.1) is 0 Å². The molecule has 106 valence electrons. The van der Waals surface area contributed by atoms with Crippen molar-refractivity contribution in [1.29, 1.82) is 0 Å². The van der Waals surface area contributed by atoms with E-state index in [2.05, 4.69) is 10.0 Å². The van der Waals surface area contributed by atoms with Gasteiger partial charge in [0.15, 0.2) is 0 Å². The van der Waals surface area contributed by atoms with Gasteiger partial charge in [0, 0.05) is 6.04 Å². The highest BCUT2D eigenvalue weighted by Gasteiger charge is 2.20. The largest absolute Gasteiger partial charge is 0.314 e. The molecule has 0 aromatic heterocycles. The summed E-state index contributed by atoms with van der Waals surface area (Å²) in [5.74, 6) is 0.108. The van der Waals surface area contributed by atoms with Crippen LogP contribution in [0, 0.1) is 6.92 Å². The number of nitrogens with one attached hydrogen (secondary N) is 2. The fourth-order valence-corrected chi connectivity index (χ4v) is 3.14. The topological polar surface area (TPSA) is 58.2 Å². The first-order chi connectivity index (χ1) is 8.96. The highest BCUT2D eigenvalue weighted by molar-refractivity contribution is 7.92. The van der Waals surface area contributed by atoms with Crippen molar-refractivity contribution in [3.05, 3.63) is 28.8 Å². The quantitative estimate of drug-likeness (QED) is 0.761. The summed E-state index contributed by atoms with van der Waals surface area (Å²) in [6, 6.07) is 5.90. The first-order valence-electron chi connectivity index (χ1n) is 6.46. The molecule has 0 saturated heterocycles. The molecule has 1 aliphatic carbocycles. The summed E-state index contributed by atoms with van der Waals surface area (Å²) in [6.07, 6.45) is 3.03. The van der Waals surface area contributed by atoms with Gasteiger partial charge in [-0.3, -0.25) is 4.72 Å². The van der Waals surface area contributed by atoms with Crippen LogP contribution in [-0.4, -0.2) is 26.8 Å². The van der Waals surface area contributed by atoms with Gasteiger partial charge in [-0.1, -0.05) is 17.7 Å². The predicted octanol–water partition coefficient (Wildman–Crippen LogP) is 2.53. The second-order valence-corrected chi connectivity index (χ2v) is 7.24. The number of halogens is 1. The smallest absolute Gasteiger partial charge is 0.232 e. The molecule has 0 heterocycles. The molecular formula is C13H19ClN2O2S. The second-order valence-electron chi connectivity index (χ2n) is 4.99. The molecule has 1 aromatic rings. The molecule has 0 bridgehead atoms. The van der Waals surface area contributed by atoms with E-state index in [1.165, 1.54) is 12.8 Å². The Kier molecular flexibility index (Phi) is 4.71. The monoisotopic (exact) mass is 302 g/mol.